The summed E-state index contributed by atoms with van der Waals surface area (Å²) in [5, 5.41) is 2.83. The van der Waals surface area contributed by atoms with E-state index in [-0.39, 0.29) is 5.91 Å². The molecule has 0 aliphatic carbocycles. The van der Waals surface area contributed by atoms with Crippen LogP contribution in [-0.2, 0) is 9.59 Å². The largest absolute Gasteiger partial charge is 0.356 e. The molecule has 0 saturated carbocycles. The van der Waals surface area contributed by atoms with Gasteiger partial charge in [0.05, 0.1) is 0 Å². The molecule has 3 heteroatoms. The van der Waals surface area contributed by atoms with Crippen LogP contribution in [0.25, 0.3) is 0 Å². The summed E-state index contributed by atoms with van der Waals surface area (Å²) < 4.78 is 0. The number of amides is 1. The number of carbonyl (C=O) groups excluding carboxylic acids is 2. The highest BCUT2D eigenvalue weighted by Crippen LogP contribution is 1.98. The minimum atomic E-state index is 0.120. The van der Waals surface area contributed by atoms with Crippen molar-refractivity contribution < 1.29 is 9.59 Å². The smallest absolute Gasteiger partial charge is 0.219 e. The average molecular weight is 199 g/mol. The molecule has 0 aromatic rings. The van der Waals surface area contributed by atoms with Crippen molar-refractivity contribution >= 4 is 11.7 Å². The van der Waals surface area contributed by atoms with Crippen LogP contribution in [0.15, 0.2) is 0 Å². The molecule has 0 aromatic heterocycles. The molecule has 0 aliphatic rings. The van der Waals surface area contributed by atoms with Crippen LogP contribution in [0.1, 0.15) is 52.4 Å². The van der Waals surface area contributed by atoms with E-state index in [4.69, 9.17) is 0 Å². The van der Waals surface area contributed by atoms with Crippen molar-refractivity contribution in [3.63, 3.8) is 0 Å². The standard InChI is InChI=1S/C11H21NO2/c1-3-7-11(14)12-9-6-5-8-10(13)4-2/h3-9H2,1-2H3,(H,12,14). The Kier molecular flexibility index (Phi) is 8.19. The van der Waals surface area contributed by atoms with Gasteiger partial charge >= 0.3 is 0 Å². The number of unbranched alkanes of at least 4 members (excludes halogenated alkanes) is 1. The number of rotatable bonds is 8. The van der Waals surface area contributed by atoms with Gasteiger partial charge < -0.3 is 5.32 Å². The lowest BCUT2D eigenvalue weighted by Crippen LogP contribution is -2.23. The van der Waals surface area contributed by atoms with Crippen molar-refractivity contribution in [3.8, 4) is 0 Å². The molecule has 0 spiro atoms. The summed E-state index contributed by atoms with van der Waals surface area (Å²) in [6, 6.07) is 0. The van der Waals surface area contributed by atoms with Gasteiger partial charge in [-0.15, -0.1) is 0 Å². The maximum Gasteiger partial charge on any atom is 0.219 e. The minimum absolute atomic E-state index is 0.120. The van der Waals surface area contributed by atoms with E-state index in [0.717, 1.165) is 19.3 Å². The summed E-state index contributed by atoms with van der Waals surface area (Å²) in [5.74, 6) is 0.430. The molecular formula is C11H21NO2. The molecule has 82 valence electrons. The van der Waals surface area contributed by atoms with Gasteiger partial charge in [-0.05, 0) is 19.3 Å². The van der Waals surface area contributed by atoms with Gasteiger partial charge in [0.1, 0.15) is 5.78 Å². The van der Waals surface area contributed by atoms with Crippen LogP contribution in [0.3, 0.4) is 0 Å². The summed E-state index contributed by atoms with van der Waals surface area (Å²) in [4.78, 5) is 21.9. The molecule has 0 heterocycles. The fraction of sp³-hybridized carbons (Fsp3) is 0.818. The Balaban J connectivity index is 3.21. The van der Waals surface area contributed by atoms with Crippen molar-refractivity contribution in [1.29, 1.82) is 0 Å². The normalized spacial score (nSPS) is 9.86. The second-order valence-corrected chi connectivity index (χ2v) is 3.45. The van der Waals surface area contributed by atoms with Gasteiger partial charge in [-0.1, -0.05) is 13.8 Å². The first-order chi connectivity index (χ1) is 6.70. The first-order valence-corrected chi connectivity index (χ1v) is 5.49. The number of nitrogens with one attached hydrogen (secondary N) is 1. The zero-order valence-corrected chi connectivity index (χ0v) is 9.27. The first kappa shape index (κ1) is 13.1. The number of hydrogen-bond acceptors (Lipinski definition) is 2. The Morgan fingerprint density at radius 3 is 2.36 bits per heavy atom. The third-order valence-electron chi connectivity index (χ3n) is 2.08. The second-order valence-electron chi connectivity index (χ2n) is 3.45. The summed E-state index contributed by atoms with van der Waals surface area (Å²) in [6.45, 7) is 4.57. The number of ketones is 1. The maximum absolute atomic E-state index is 11.0. The highest BCUT2D eigenvalue weighted by atomic mass is 16.1. The first-order valence-electron chi connectivity index (χ1n) is 5.49. The van der Waals surface area contributed by atoms with Crippen molar-refractivity contribution in [3.05, 3.63) is 0 Å². The van der Waals surface area contributed by atoms with Gasteiger partial charge in [-0.25, -0.2) is 0 Å². The molecule has 0 rings (SSSR count). The van der Waals surface area contributed by atoms with E-state index >= 15 is 0 Å². The summed E-state index contributed by atoms with van der Waals surface area (Å²) in [5.41, 5.74) is 0. The Hall–Kier alpha value is -0.860. The third-order valence-corrected chi connectivity index (χ3v) is 2.08. The van der Waals surface area contributed by atoms with E-state index in [1.54, 1.807) is 0 Å². The third kappa shape index (κ3) is 7.77. The molecule has 0 radical (unpaired) electrons. The summed E-state index contributed by atoms with van der Waals surface area (Å²) >= 11 is 0. The van der Waals surface area contributed by atoms with Crippen LogP contribution in [0.5, 0.6) is 0 Å². The monoisotopic (exact) mass is 199 g/mol. The van der Waals surface area contributed by atoms with Crippen LogP contribution in [0, 0.1) is 0 Å². The molecule has 0 aliphatic heterocycles. The van der Waals surface area contributed by atoms with Crippen LogP contribution < -0.4 is 5.32 Å². The summed E-state index contributed by atoms with van der Waals surface area (Å²) in [6.07, 6.45) is 4.57. The molecule has 0 aromatic carbocycles. The zero-order chi connectivity index (χ0) is 10.8. The fourth-order valence-electron chi connectivity index (χ4n) is 1.17. The molecule has 0 fully saturated rings. The lowest BCUT2D eigenvalue weighted by molar-refractivity contribution is -0.121. The van der Waals surface area contributed by atoms with Crippen molar-refractivity contribution in [2.75, 3.05) is 6.54 Å². The van der Waals surface area contributed by atoms with E-state index in [9.17, 15) is 9.59 Å². The van der Waals surface area contributed by atoms with Gasteiger partial charge in [0.25, 0.3) is 0 Å². The van der Waals surface area contributed by atoms with Crippen molar-refractivity contribution in [1.82, 2.24) is 5.32 Å². The Morgan fingerprint density at radius 2 is 1.79 bits per heavy atom. The molecule has 0 bridgehead atoms. The molecule has 3 nitrogen and oxygen atoms in total. The van der Waals surface area contributed by atoms with Gasteiger partial charge in [-0.2, -0.15) is 0 Å². The quantitative estimate of drug-likeness (QED) is 0.608. The Labute approximate surface area is 86.3 Å². The maximum atomic E-state index is 11.0. The van der Waals surface area contributed by atoms with Crippen molar-refractivity contribution in [2.45, 2.75) is 52.4 Å². The molecule has 14 heavy (non-hydrogen) atoms. The molecule has 0 atom stereocenters. The number of carbonyl (C=O) groups is 2. The number of hydrogen-bond donors (Lipinski definition) is 1. The SMILES string of the molecule is CCCC(=O)NCCCCC(=O)CC. The Bertz CT molecular complexity index is 178. The predicted octanol–water partition coefficient (Wildman–Crippen LogP) is 2.05. The van der Waals surface area contributed by atoms with Crippen molar-refractivity contribution in [2.24, 2.45) is 0 Å². The van der Waals surface area contributed by atoms with E-state index < -0.39 is 0 Å². The minimum Gasteiger partial charge on any atom is -0.356 e. The van der Waals surface area contributed by atoms with Gasteiger partial charge in [-0.3, -0.25) is 9.59 Å². The lowest BCUT2D eigenvalue weighted by atomic mass is 10.1. The topological polar surface area (TPSA) is 46.2 Å². The summed E-state index contributed by atoms with van der Waals surface area (Å²) in [7, 11) is 0. The molecular weight excluding hydrogens is 178 g/mol. The number of Topliss-reactive ketones (excluding diaryl/α,β-unsaturated/α-hetero) is 1. The van der Waals surface area contributed by atoms with E-state index in [2.05, 4.69) is 5.32 Å². The highest BCUT2D eigenvalue weighted by molar-refractivity contribution is 5.78. The van der Waals surface area contributed by atoms with Crippen LogP contribution in [-0.4, -0.2) is 18.2 Å². The predicted molar refractivity (Wildman–Crippen MR) is 57.1 cm³/mol. The van der Waals surface area contributed by atoms with Gasteiger partial charge in [0.2, 0.25) is 5.91 Å². The Morgan fingerprint density at radius 1 is 1.07 bits per heavy atom. The van der Waals surface area contributed by atoms with Crippen LogP contribution >= 0.6 is 0 Å². The fourth-order valence-corrected chi connectivity index (χ4v) is 1.17. The van der Waals surface area contributed by atoms with Crippen LogP contribution in [0.4, 0.5) is 0 Å². The van der Waals surface area contributed by atoms with Crippen LogP contribution in [0.2, 0.25) is 0 Å². The molecule has 0 unspecified atom stereocenters. The molecule has 1 amide bonds. The van der Waals surface area contributed by atoms with Gasteiger partial charge in [0.15, 0.2) is 0 Å². The van der Waals surface area contributed by atoms with E-state index in [1.165, 1.54) is 0 Å². The van der Waals surface area contributed by atoms with E-state index in [0.29, 0.717) is 31.6 Å². The highest BCUT2D eigenvalue weighted by Gasteiger charge is 1.99. The lowest BCUT2D eigenvalue weighted by Gasteiger charge is -2.03. The molecule has 0 saturated heterocycles. The second kappa shape index (κ2) is 8.73. The molecule has 1 N–H and O–H groups in total. The average Bonchev–Trinajstić information content (AvgIpc) is 2.17. The van der Waals surface area contributed by atoms with Gasteiger partial charge in [0, 0.05) is 25.8 Å². The zero-order valence-electron chi connectivity index (χ0n) is 9.27. The van der Waals surface area contributed by atoms with E-state index in [1.807, 2.05) is 13.8 Å².